The van der Waals surface area contributed by atoms with Crippen LogP contribution in [0.2, 0.25) is 0 Å². The van der Waals surface area contributed by atoms with Gasteiger partial charge in [0.25, 0.3) is 5.91 Å². The van der Waals surface area contributed by atoms with E-state index in [1.807, 2.05) is 13.8 Å². The molecule has 0 aromatic carbocycles. The van der Waals surface area contributed by atoms with Crippen LogP contribution >= 0.6 is 0 Å². The van der Waals surface area contributed by atoms with Gasteiger partial charge in [-0.25, -0.2) is 0 Å². The van der Waals surface area contributed by atoms with E-state index < -0.39 is 11.9 Å². The Bertz CT molecular complexity index is 425. The first-order valence-electron chi connectivity index (χ1n) is 5.84. The van der Waals surface area contributed by atoms with Crippen molar-refractivity contribution in [3.63, 3.8) is 0 Å². The number of nitrogens with zero attached hydrogens (tertiary/aromatic N) is 1. The summed E-state index contributed by atoms with van der Waals surface area (Å²) in [5.41, 5.74) is 0.337. The number of carbonyl (C=O) groups is 2. The van der Waals surface area contributed by atoms with Crippen molar-refractivity contribution in [1.82, 2.24) is 10.5 Å². The third-order valence-electron chi connectivity index (χ3n) is 2.61. The summed E-state index contributed by atoms with van der Waals surface area (Å²) < 4.78 is 4.78. The van der Waals surface area contributed by atoms with Crippen LogP contribution in [0.4, 0.5) is 0 Å². The summed E-state index contributed by atoms with van der Waals surface area (Å²) >= 11 is 0. The molecule has 1 atom stereocenters. The van der Waals surface area contributed by atoms with E-state index in [-0.39, 0.29) is 18.4 Å². The van der Waals surface area contributed by atoms with Gasteiger partial charge in [0.15, 0.2) is 0 Å². The first kappa shape index (κ1) is 14.2. The Morgan fingerprint density at radius 1 is 1.50 bits per heavy atom. The monoisotopic (exact) mass is 254 g/mol. The van der Waals surface area contributed by atoms with Crippen LogP contribution in [-0.4, -0.2) is 28.7 Å². The molecule has 0 bridgehead atoms. The molecule has 0 saturated carbocycles. The maximum Gasteiger partial charge on any atom is 0.308 e. The maximum absolute atomic E-state index is 11.7. The predicted molar refractivity (Wildman–Crippen MR) is 64.2 cm³/mol. The smallest absolute Gasteiger partial charge is 0.308 e. The molecule has 1 amide bonds. The van der Waals surface area contributed by atoms with Crippen molar-refractivity contribution in [2.24, 2.45) is 11.8 Å². The highest BCUT2D eigenvalue weighted by atomic mass is 16.5. The lowest BCUT2D eigenvalue weighted by atomic mass is 9.97. The molecule has 0 fully saturated rings. The number of nitrogens with one attached hydrogen (secondary N) is 1. The quantitative estimate of drug-likeness (QED) is 0.801. The lowest BCUT2D eigenvalue weighted by Gasteiger charge is -2.15. The first-order valence-corrected chi connectivity index (χ1v) is 5.84. The largest absolute Gasteiger partial charge is 0.481 e. The Kier molecular flexibility index (Phi) is 4.88. The van der Waals surface area contributed by atoms with Crippen LogP contribution in [0.25, 0.3) is 0 Å². The van der Waals surface area contributed by atoms with Crippen molar-refractivity contribution in [2.75, 3.05) is 6.54 Å². The van der Waals surface area contributed by atoms with Crippen LogP contribution in [0.15, 0.2) is 10.7 Å². The summed E-state index contributed by atoms with van der Waals surface area (Å²) in [7, 11) is 0. The second-order valence-corrected chi connectivity index (χ2v) is 4.67. The van der Waals surface area contributed by atoms with E-state index >= 15 is 0 Å². The molecule has 1 unspecified atom stereocenters. The molecule has 1 rings (SSSR count). The summed E-state index contributed by atoms with van der Waals surface area (Å²) in [6.07, 6.45) is 1.85. The fourth-order valence-corrected chi connectivity index (χ4v) is 1.67. The number of aryl methyl sites for hydroxylation is 1. The number of carbonyl (C=O) groups excluding carboxylic acids is 1. The average Bonchev–Trinajstić information content (AvgIpc) is 2.69. The molecule has 18 heavy (non-hydrogen) atoms. The standard InChI is InChI=1S/C12H18N2O4/c1-7(2)4-9(12(16)17)5-13-11(15)10-6-14-18-8(10)3/h6-7,9H,4-5H2,1-3H3,(H,13,15)(H,16,17). The second kappa shape index (κ2) is 6.18. The van der Waals surface area contributed by atoms with Crippen LogP contribution < -0.4 is 5.32 Å². The van der Waals surface area contributed by atoms with E-state index in [4.69, 9.17) is 9.63 Å². The molecule has 2 N–H and O–H groups in total. The Hall–Kier alpha value is -1.85. The topological polar surface area (TPSA) is 92.4 Å². The van der Waals surface area contributed by atoms with E-state index in [1.165, 1.54) is 6.20 Å². The van der Waals surface area contributed by atoms with Crippen molar-refractivity contribution in [3.05, 3.63) is 17.5 Å². The van der Waals surface area contributed by atoms with E-state index in [0.717, 1.165) is 0 Å². The fraction of sp³-hybridized carbons (Fsp3) is 0.583. The minimum absolute atomic E-state index is 0.108. The highest BCUT2D eigenvalue weighted by Gasteiger charge is 2.21. The van der Waals surface area contributed by atoms with Gasteiger partial charge in [-0.15, -0.1) is 0 Å². The summed E-state index contributed by atoms with van der Waals surface area (Å²) in [4.78, 5) is 22.8. The number of aliphatic carboxylic acids is 1. The number of hydrogen-bond acceptors (Lipinski definition) is 4. The first-order chi connectivity index (χ1) is 8.41. The zero-order chi connectivity index (χ0) is 13.7. The third-order valence-corrected chi connectivity index (χ3v) is 2.61. The van der Waals surface area contributed by atoms with Crippen LogP contribution in [0, 0.1) is 18.8 Å². The zero-order valence-corrected chi connectivity index (χ0v) is 10.8. The Labute approximate surface area is 105 Å². The second-order valence-electron chi connectivity index (χ2n) is 4.67. The molecule has 100 valence electrons. The fourth-order valence-electron chi connectivity index (χ4n) is 1.67. The van der Waals surface area contributed by atoms with Crippen LogP contribution in [-0.2, 0) is 4.79 Å². The number of hydrogen-bond donors (Lipinski definition) is 2. The number of carboxylic acid groups (broad SMARTS) is 1. The van der Waals surface area contributed by atoms with Gasteiger partial charge in [0.2, 0.25) is 0 Å². The van der Waals surface area contributed by atoms with Gasteiger partial charge < -0.3 is 14.9 Å². The molecule has 0 aliphatic heterocycles. The van der Waals surface area contributed by atoms with E-state index in [1.54, 1.807) is 6.92 Å². The van der Waals surface area contributed by atoms with Crippen molar-refractivity contribution in [2.45, 2.75) is 27.2 Å². The number of rotatable bonds is 6. The van der Waals surface area contributed by atoms with Crippen molar-refractivity contribution in [1.29, 1.82) is 0 Å². The summed E-state index contributed by atoms with van der Waals surface area (Å²) in [5.74, 6) is -1.15. The zero-order valence-electron chi connectivity index (χ0n) is 10.8. The SMILES string of the molecule is Cc1oncc1C(=O)NCC(CC(C)C)C(=O)O. The molecular formula is C12H18N2O4. The average molecular weight is 254 g/mol. The van der Waals surface area contributed by atoms with E-state index in [0.29, 0.717) is 17.7 Å². The van der Waals surface area contributed by atoms with Gasteiger partial charge in [0.05, 0.1) is 12.1 Å². The molecular weight excluding hydrogens is 236 g/mol. The summed E-state index contributed by atoms with van der Waals surface area (Å²) in [6, 6.07) is 0. The highest BCUT2D eigenvalue weighted by molar-refractivity contribution is 5.94. The minimum atomic E-state index is -0.897. The Morgan fingerprint density at radius 3 is 2.61 bits per heavy atom. The molecule has 0 aliphatic rings. The van der Waals surface area contributed by atoms with E-state index in [2.05, 4.69) is 10.5 Å². The van der Waals surface area contributed by atoms with Crippen molar-refractivity contribution >= 4 is 11.9 Å². The molecule has 0 saturated heterocycles. The van der Waals surface area contributed by atoms with E-state index in [9.17, 15) is 9.59 Å². The maximum atomic E-state index is 11.7. The molecule has 6 nitrogen and oxygen atoms in total. The number of amides is 1. The summed E-state index contributed by atoms with van der Waals surface area (Å²) in [6.45, 7) is 5.63. The lowest BCUT2D eigenvalue weighted by molar-refractivity contribution is -0.142. The molecule has 0 radical (unpaired) electrons. The number of carboxylic acids is 1. The normalized spacial score (nSPS) is 12.4. The van der Waals surface area contributed by atoms with Gasteiger partial charge in [-0.1, -0.05) is 19.0 Å². The molecule has 1 heterocycles. The number of aromatic nitrogens is 1. The van der Waals surface area contributed by atoms with Crippen molar-refractivity contribution in [3.8, 4) is 0 Å². The van der Waals surface area contributed by atoms with Gasteiger partial charge in [0, 0.05) is 6.54 Å². The molecule has 1 aromatic heterocycles. The van der Waals surface area contributed by atoms with Crippen LogP contribution in [0.3, 0.4) is 0 Å². The molecule has 0 aliphatic carbocycles. The molecule has 0 spiro atoms. The van der Waals surface area contributed by atoms with Crippen LogP contribution in [0.5, 0.6) is 0 Å². The van der Waals surface area contributed by atoms with Crippen molar-refractivity contribution < 1.29 is 19.2 Å². The highest BCUT2D eigenvalue weighted by Crippen LogP contribution is 2.12. The van der Waals surface area contributed by atoms with Gasteiger partial charge >= 0.3 is 5.97 Å². The Balaban J connectivity index is 2.55. The Morgan fingerprint density at radius 2 is 2.17 bits per heavy atom. The van der Waals surface area contributed by atoms with Gasteiger partial charge in [-0.2, -0.15) is 0 Å². The lowest BCUT2D eigenvalue weighted by Crippen LogP contribution is -2.33. The van der Waals surface area contributed by atoms with Gasteiger partial charge in [-0.05, 0) is 19.3 Å². The third kappa shape index (κ3) is 3.87. The van der Waals surface area contributed by atoms with Crippen LogP contribution in [0.1, 0.15) is 36.4 Å². The molecule has 1 aromatic rings. The molecule has 6 heteroatoms. The summed E-state index contributed by atoms with van der Waals surface area (Å²) in [5, 5.41) is 15.1. The minimum Gasteiger partial charge on any atom is -0.481 e. The predicted octanol–water partition coefficient (Wildman–Crippen LogP) is 1.46. The van der Waals surface area contributed by atoms with Gasteiger partial charge in [-0.3, -0.25) is 9.59 Å². The van der Waals surface area contributed by atoms with Gasteiger partial charge in [0.1, 0.15) is 11.3 Å².